The number of alkyl halides is 1. The Morgan fingerprint density at radius 2 is 2.13 bits per heavy atom. The zero-order valence-electron chi connectivity index (χ0n) is 8.41. The highest BCUT2D eigenvalue weighted by Gasteiger charge is 2.15. The van der Waals surface area contributed by atoms with Crippen LogP contribution in [0.25, 0.3) is 4.91 Å². The molecule has 0 unspecified atom stereocenters. The number of allylic oxidation sites excluding steroid dienone is 3. The number of oxazole rings is 1. The van der Waals surface area contributed by atoms with Gasteiger partial charge in [0.2, 0.25) is 5.89 Å². The maximum atomic E-state index is 5.74. The minimum atomic E-state index is 0.398. The quantitative estimate of drug-likeness (QED) is 0.582. The van der Waals surface area contributed by atoms with E-state index in [0.29, 0.717) is 11.8 Å². The lowest BCUT2D eigenvalue weighted by atomic mass is 10.4. The SMILES string of the molecule is CC1=CC=C(c2nc(CCl)c(C)o2)SS1. The van der Waals surface area contributed by atoms with Crippen LogP contribution in [0, 0.1) is 6.92 Å². The molecule has 0 saturated heterocycles. The molecule has 80 valence electrons. The van der Waals surface area contributed by atoms with Gasteiger partial charge in [0.15, 0.2) is 0 Å². The summed E-state index contributed by atoms with van der Waals surface area (Å²) in [7, 11) is 3.39. The van der Waals surface area contributed by atoms with Gasteiger partial charge in [-0.15, -0.1) is 11.6 Å². The van der Waals surface area contributed by atoms with Gasteiger partial charge in [0.05, 0.1) is 16.5 Å². The van der Waals surface area contributed by atoms with Crippen molar-refractivity contribution in [1.82, 2.24) is 4.98 Å². The molecule has 2 heterocycles. The summed E-state index contributed by atoms with van der Waals surface area (Å²) in [5, 5.41) is 0. The maximum Gasteiger partial charge on any atom is 0.233 e. The lowest BCUT2D eigenvalue weighted by molar-refractivity contribution is 0.514. The molecule has 0 spiro atoms. The standard InChI is InChI=1S/C10H10ClNOS2/c1-6-3-4-9(15-14-6)10-12-8(5-11)7(2)13-10/h3-4H,5H2,1-2H3. The highest BCUT2D eigenvalue weighted by atomic mass is 35.5. The summed E-state index contributed by atoms with van der Waals surface area (Å²) in [6.45, 7) is 3.96. The van der Waals surface area contributed by atoms with Crippen LogP contribution in [0.2, 0.25) is 0 Å². The second-order valence-electron chi connectivity index (χ2n) is 3.13. The summed E-state index contributed by atoms with van der Waals surface area (Å²) in [6.07, 6.45) is 4.09. The summed E-state index contributed by atoms with van der Waals surface area (Å²) >= 11 is 5.74. The van der Waals surface area contributed by atoms with Crippen molar-refractivity contribution in [3.05, 3.63) is 34.4 Å². The van der Waals surface area contributed by atoms with E-state index in [0.717, 1.165) is 16.4 Å². The number of aryl methyl sites for hydroxylation is 1. The summed E-state index contributed by atoms with van der Waals surface area (Å²) < 4.78 is 5.55. The zero-order chi connectivity index (χ0) is 10.8. The molecule has 0 radical (unpaired) electrons. The van der Waals surface area contributed by atoms with Crippen LogP contribution >= 0.6 is 33.2 Å². The van der Waals surface area contributed by atoms with Crippen LogP contribution in [-0.4, -0.2) is 4.98 Å². The normalized spacial score (nSPS) is 16.2. The Hall–Kier alpha value is -0.320. The van der Waals surface area contributed by atoms with E-state index >= 15 is 0 Å². The highest BCUT2D eigenvalue weighted by molar-refractivity contribution is 8.81. The second-order valence-corrected chi connectivity index (χ2v) is 5.81. The molecule has 0 fully saturated rings. The van der Waals surface area contributed by atoms with E-state index in [1.165, 1.54) is 4.91 Å². The molecule has 1 aliphatic rings. The van der Waals surface area contributed by atoms with E-state index in [4.69, 9.17) is 16.0 Å². The Morgan fingerprint density at radius 1 is 1.33 bits per heavy atom. The van der Waals surface area contributed by atoms with Crippen LogP contribution in [0.15, 0.2) is 21.5 Å². The molecule has 15 heavy (non-hydrogen) atoms. The summed E-state index contributed by atoms with van der Waals surface area (Å²) in [6, 6.07) is 0. The Labute approximate surface area is 102 Å². The van der Waals surface area contributed by atoms with Crippen LogP contribution in [0.5, 0.6) is 0 Å². The van der Waals surface area contributed by atoms with Gasteiger partial charge < -0.3 is 4.42 Å². The van der Waals surface area contributed by atoms with Crippen molar-refractivity contribution in [2.75, 3.05) is 0 Å². The van der Waals surface area contributed by atoms with Crippen molar-refractivity contribution in [1.29, 1.82) is 0 Å². The average molecular weight is 260 g/mol. The number of nitrogens with zero attached hydrogens (tertiary/aromatic N) is 1. The van der Waals surface area contributed by atoms with Crippen molar-refractivity contribution in [3.8, 4) is 0 Å². The van der Waals surface area contributed by atoms with Crippen LogP contribution in [0.3, 0.4) is 0 Å². The van der Waals surface area contributed by atoms with E-state index < -0.39 is 0 Å². The predicted octanol–water partition coefficient (Wildman–Crippen LogP) is 4.36. The van der Waals surface area contributed by atoms with E-state index in [1.807, 2.05) is 13.0 Å². The number of halogens is 1. The van der Waals surface area contributed by atoms with Gasteiger partial charge in [0.1, 0.15) is 5.76 Å². The molecule has 0 saturated carbocycles. The largest absolute Gasteiger partial charge is 0.441 e. The average Bonchev–Trinajstić information content (AvgIpc) is 2.61. The molecule has 0 aliphatic carbocycles. The summed E-state index contributed by atoms with van der Waals surface area (Å²) in [4.78, 5) is 6.68. The minimum Gasteiger partial charge on any atom is -0.441 e. The molecule has 0 N–H and O–H groups in total. The molecular weight excluding hydrogens is 250 g/mol. The van der Waals surface area contributed by atoms with Crippen molar-refractivity contribution in [2.45, 2.75) is 19.7 Å². The monoisotopic (exact) mass is 259 g/mol. The first-order valence-electron chi connectivity index (χ1n) is 4.46. The van der Waals surface area contributed by atoms with Gasteiger partial charge in [-0.25, -0.2) is 4.98 Å². The fraction of sp³-hybridized carbons (Fsp3) is 0.300. The maximum absolute atomic E-state index is 5.74. The van der Waals surface area contributed by atoms with E-state index in [1.54, 1.807) is 21.6 Å². The first-order valence-corrected chi connectivity index (χ1v) is 7.15. The second kappa shape index (κ2) is 4.68. The van der Waals surface area contributed by atoms with Crippen LogP contribution < -0.4 is 0 Å². The molecule has 2 rings (SSSR count). The first-order chi connectivity index (χ1) is 7.20. The van der Waals surface area contributed by atoms with Gasteiger partial charge in [-0.1, -0.05) is 16.9 Å². The van der Waals surface area contributed by atoms with E-state index in [2.05, 4.69) is 18.0 Å². The van der Waals surface area contributed by atoms with Crippen LogP contribution in [0.1, 0.15) is 24.3 Å². The lowest BCUT2D eigenvalue weighted by Gasteiger charge is -2.06. The third kappa shape index (κ3) is 2.44. The third-order valence-electron chi connectivity index (χ3n) is 1.96. The number of aromatic nitrogens is 1. The molecule has 0 amide bonds. The van der Waals surface area contributed by atoms with Crippen LogP contribution in [0.4, 0.5) is 0 Å². The smallest absolute Gasteiger partial charge is 0.233 e. The molecule has 2 nitrogen and oxygen atoms in total. The van der Waals surface area contributed by atoms with Gasteiger partial charge in [-0.05, 0) is 35.6 Å². The van der Waals surface area contributed by atoms with Gasteiger partial charge in [-0.2, -0.15) is 0 Å². The molecule has 1 aromatic rings. The van der Waals surface area contributed by atoms with Gasteiger partial charge in [0, 0.05) is 0 Å². The zero-order valence-corrected chi connectivity index (χ0v) is 10.8. The molecule has 5 heteroatoms. The first kappa shape index (κ1) is 11.2. The summed E-state index contributed by atoms with van der Waals surface area (Å²) in [5.41, 5.74) is 0.824. The van der Waals surface area contributed by atoms with Gasteiger partial charge in [-0.3, -0.25) is 0 Å². The highest BCUT2D eigenvalue weighted by Crippen LogP contribution is 2.44. The number of hydrogen-bond acceptors (Lipinski definition) is 4. The Bertz CT molecular complexity index is 437. The van der Waals surface area contributed by atoms with Crippen molar-refractivity contribution in [2.24, 2.45) is 0 Å². The Balaban J connectivity index is 2.30. The topological polar surface area (TPSA) is 26.0 Å². The molecule has 1 aliphatic heterocycles. The molecular formula is C10H10ClNOS2. The fourth-order valence-corrected chi connectivity index (χ4v) is 3.21. The van der Waals surface area contributed by atoms with Crippen molar-refractivity contribution < 1.29 is 4.42 Å². The molecule has 0 aromatic carbocycles. The van der Waals surface area contributed by atoms with Crippen molar-refractivity contribution >= 4 is 38.1 Å². The predicted molar refractivity (Wildman–Crippen MR) is 67.7 cm³/mol. The number of rotatable bonds is 2. The molecule has 0 bridgehead atoms. The number of hydrogen-bond donors (Lipinski definition) is 0. The molecule has 0 atom stereocenters. The minimum absolute atomic E-state index is 0.398. The molecule has 1 aromatic heterocycles. The van der Waals surface area contributed by atoms with Crippen LogP contribution in [-0.2, 0) is 5.88 Å². The summed E-state index contributed by atoms with van der Waals surface area (Å²) in [5.74, 6) is 1.87. The van der Waals surface area contributed by atoms with Gasteiger partial charge >= 0.3 is 0 Å². The van der Waals surface area contributed by atoms with E-state index in [9.17, 15) is 0 Å². The fourth-order valence-electron chi connectivity index (χ4n) is 1.12. The Kier molecular flexibility index (Phi) is 3.49. The lowest BCUT2D eigenvalue weighted by Crippen LogP contribution is -1.84. The van der Waals surface area contributed by atoms with Crippen molar-refractivity contribution in [3.63, 3.8) is 0 Å². The third-order valence-corrected chi connectivity index (χ3v) is 4.77. The van der Waals surface area contributed by atoms with E-state index in [-0.39, 0.29) is 0 Å². The Morgan fingerprint density at radius 3 is 2.67 bits per heavy atom. The van der Waals surface area contributed by atoms with Gasteiger partial charge in [0.25, 0.3) is 0 Å².